The molecular weight excluding hydrogens is 260 g/mol. The lowest BCUT2D eigenvalue weighted by Gasteiger charge is -2.28. The number of pyridine rings is 1. The van der Waals surface area contributed by atoms with Gasteiger partial charge in [-0.3, -0.25) is 0 Å². The van der Waals surface area contributed by atoms with Crippen LogP contribution in [0.2, 0.25) is 0 Å². The van der Waals surface area contributed by atoms with E-state index in [0.29, 0.717) is 6.61 Å². The number of nitrogens with zero attached hydrogens (tertiary/aromatic N) is 3. The molecule has 0 aliphatic heterocycles. The standard InChI is InChI=1S/C13H20N4OS/c1-8(7-18-5)17(4)12-10(14-3)6-15-13-11(12)16-9(2)19-13/h6,8,14H,7H2,1-5H3. The maximum Gasteiger partial charge on any atom is 0.145 e. The fourth-order valence-electron chi connectivity index (χ4n) is 2.08. The van der Waals surface area contributed by atoms with Crippen LogP contribution in [-0.4, -0.2) is 43.8 Å². The van der Waals surface area contributed by atoms with E-state index in [-0.39, 0.29) is 6.04 Å². The number of likely N-dealkylation sites (N-methyl/N-ethyl adjacent to an activating group) is 1. The molecule has 0 saturated carbocycles. The van der Waals surface area contributed by atoms with Crippen molar-refractivity contribution in [3.8, 4) is 0 Å². The van der Waals surface area contributed by atoms with E-state index in [0.717, 1.165) is 26.7 Å². The van der Waals surface area contributed by atoms with Crippen LogP contribution in [0.4, 0.5) is 11.4 Å². The highest BCUT2D eigenvalue weighted by molar-refractivity contribution is 7.18. The van der Waals surface area contributed by atoms with Crippen LogP contribution in [0.15, 0.2) is 6.20 Å². The van der Waals surface area contributed by atoms with Gasteiger partial charge in [0.05, 0.1) is 29.2 Å². The molecule has 6 heteroatoms. The lowest BCUT2D eigenvalue weighted by atomic mass is 10.2. The first-order chi connectivity index (χ1) is 9.08. The lowest BCUT2D eigenvalue weighted by molar-refractivity contribution is 0.183. The predicted octanol–water partition coefficient (Wildman–Crippen LogP) is 2.51. The summed E-state index contributed by atoms with van der Waals surface area (Å²) in [7, 11) is 5.69. The van der Waals surface area contributed by atoms with Crippen molar-refractivity contribution in [3.05, 3.63) is 11.2 Å². The third kappa shape index (κ3) is 2.64. The van der Waals surface area contributed by atoms with Crippen molar-refractivity contribution in [2.45, 2.75) is 19.9 Å². The Morgan fingerprint density at radius 3 is 2.89 bits per heavy atom. The highest BCUT2D eigenvalue weighted by atomic mass is 32.1. The summed E-state index contributed by atoms with van der Waals surface area (Å²) in [5, 5.41) is 4.23. The van der Waals surface area contributed by atoms with Gasteiger partial charge in [0.25, 0.3) is 0 Å². The highest BCUT2D eigenvalue weighted by Gasteiger charge is 2.19. The van der Waals surface area contributed by atoms with Gasteiger partial charge in [-0.1, -0.05) is 11.3 Å². The van der Waals surface area contributed by atoms with Gasteiger partial charge in [0.2, 0.25) is 0 Å². The summed E-state index contributed by atoms with van der Waals surface area (Å²) in [6.07, 6.45) is 1.87. The molecule has 0 aliphatic carbocycles. The van der Waals surface area contributed by atoms with E-state index in [2.05, 4.69) is 34.2 Å². The Morgan fingerprint density at radius 2 is 2.26 bits per heavy atom. The summed E-state index contributed by atoms with van der Waals surface area (Å²) >= 11 is 1.62. The average molecular weight is 280 g/mol. The largest absolute Gasteiger partial charge is 0.385 e. The minimum atomic E-state index is 0.268. The van der Waals surface area contributed by atoms with E-state index in [1.54, 1.807) is 18.4 Å². The number of rotatable bonds is 5. The van der Waals surface area contributed by atoms with Crippen molar-refractivity contribution in [1.29, 1.82) is 0 Å². The van der Waals surface area contributed by atoms with Crippen LogP contribution < -0.4 is 10.2 Å². The van der Waals surface area contributed by atoms with Crippen molar-refractivity contribution >= 4 is 33.1 Å². The van der Waals surface area contributed by atoms with Crippen LogP contribution in [0.3, 0.4) is 0 Å². The van der Waals surface area contributed by atoms with E-state index >= 15 is 0 Å². The number of ether oxygens (including phenoxy) is 1. The maximum atomic E-state index is 5.24. The van der Waals surface area contributed by atoms with Gasteiger partial charge in [0.15, 0.2) is 0 Å². The summed E-state index contributed by atoms with van der Waals surface area (Å²) in [4.78, 5) is 12.2. The summed E-state index contributed by atoms with van der Waals surface area (Å²) in [6.45, 7) is 4.81. The minimum absolute atomic E-state index is 0.268. The maximum absolute atomic E-state index is 5.24. The molecule has 1 atom stereocenters. The quantitative estimate of drug-likeness (QED) is 0.912. The number of nitrogens with one attached hydrogen (secondary N) is 1. The Morgan fingerprint density at radius 1 is 1.53 bits per heavy atom. The zero-order valence-electron chi connectivity index (χ0n) is 12.0. The van der Waals surface area contributed by atoms with Crippen molar-refractivity contribution in [2.24, 2.45) is 0 Å². The molecule has 0 spiro atoms. The molecule has 0 saturated heterocycles. The molecule has 0 bridgehead atoms. The Bertz CT molecular complexity index is 569. The molecular formula is C13H20N4OS. The zero-order valence-corrected chi connectivity index (χ0v) is 12.8. The monoisotopic (exact) mass is 280 g/mol. The molecule has 1 unspecified atom stereocenters. The van der Waals surface area contributed by atoms with Crippen LogP contribution in [0.1, 0.15) is 11.9 Å². The molecule has 2 heterocycles. The van der Waals surface area contributed by atoms with Gasteiger partial charge in [-0.05, 0) is 13.8 Å². The van der Waals surface area contributed by atoms with Crippen LogP contribution in [0, 0.1) is 6.92 Å². The van der Waals surface area contributed by atoms with Crippen LogP contribution in [-0.2, 0) is 4.74 Å². The van der Waals surface area contributed by atoms with E-state index in [9.17, 15) is 0 Å². The zero-order chi connectivity index (χ0) is 14.0. The molecule has 0 fully saturated rings. The number of aryl methyl sites for hydroxylation is 1. The first-order valence-corrected chi connectivity index (χ1v) is 7.05. The van der Waals surface area contributed by atoms with Crippen LogP contribution in [0.5, 0.6) is 0 Å². The second kappa shape index (κ2) is 5.71. The molecule has 1 N–H and O–H groups in total. The lowest BCUT2D eigenvalue weighted by Crippen LogP contribution is -2.33. The number of fused-ring (bicyclic) bond motifs is 1. The van der Waals surface area contributed by atoms with Crippen molar-refractivity contribution < 1.29 is 4.74 Å². The van der Waals surface area contributed by atoms with E-state index in [1.165, 1.54) is 0 Å². The summed E-state index contributed by atoms with van der Waals surface area (Å²) in [5.74, 6) is 0. The highest BCUT2D eigenvalue weighted by Crippen LogP contribution is 2.35. The second-order valence-corrected chi connectivity index (χ2v) is 5.75. The Hall–Kier alpha value is -1.40. The van der Waals surface area contributed by atoms with Gasteiger partial charge in [0.1, 0.15) is 10.3 Å². The molecule has 0 amide bonds. The molecule has 2 rings (SSSR count). The number of hydrogen-bond acceptors (Lipinski definition) is 6. The van der Waals surface area contributed by atoms with Crippen molar-refractivity contribution in [3.63, 3.8) is 0 Å². The number of thiazole rings is 1. The normalized spacial score (nSPS) is 12.7. The van der Waals surface area contributed by atoms with Gasteiger partial charge in [-0.2, -0.15) is 0 Å². The number of methoxy groups -OCH3 is 1. The molecule has 0 aliphatic rings. The number of hydrogen-bond donors (Lipinski definition) is 1. The van der Waals surface area contributed by atoms with Gasteiger partial charge >= 0.3 is 0 Å². The van der Waals surface area contributed by atoms with Crippen LogP contribution >= 0.6 is 11.3 Å². The summed E-state index contributed by atoms with van der Waals surface area (Å²) in [5.41, 5.74) is 3.03. The van der Waals surface area contributed by atoms with E-state index in [1.807, 2.05) is 20.2 Å². The fourth-order valence-corrected chi connectivity index (χ4v) is 2.84. The third-order valence-corrected chi connectivity index (χ3v) is 4.08. The average Bonchev–Trinajstić information content (AvgIpc) is 2.77. The second-order valence-electron chi connectivity index (χ2n) is 4.57. The summed E-state index contributed by atoms with van der Waals surface area (Å²) in [6, 6.07) is 0.268. The minimum Gasteiger partial charge on any atom is -0.385 e. The summed E-state index contributed by atoms with van der Waals surface area (Å²) < 4.78 is 5.24. The SMILES string of the molecule is CNc1cnc2sc(C)nc2c1N(C)C(C)COC. The molecule has 19 heavy (non-hydrogen) atoms. The van der Waals surface area contributed by atoms with Gasteiger partial charge < -0.3 is 15.0 Å². The molecule has 2 aromatic heterocycles. The van der Waals surface area contributed by atoms with E-state index in [4.69, 9.17) is 4.74 Å². The van der Waals surface area contributed by atoms with Crippen molar-refractivity contribution in [1.82, 2.24) is 9.97 Å². The predicted molar refractivity (Wildman–Crippen MR) is 81.4 cm³/mol. The molecule has 104 valence electrons. The Labute approximate surface area is 117 Å². The van der Waals surface area contributed by atoms with Gasteiger partial charge in [-0.25, -0.2) is 9.97 Å². The molecule has 0 radical (unpaired) electrons. The molecule has 5 nitrogen and oxygen atoms in total. The number of anilines is 2. The topological polar surface area (TPSA) is 50.3 Å². The van der Waals surface area contributed by atoms with Crippen LogP contribution in [0.25, 0.3) is 10.3 Å². The first kappa shape index (κ1) is 14.0. The molecule has 0 aromatic carbocycles. The Kier molecular flexibility index (Phi) is 4.21. The first-order valence-electron chi connectivity index (χ1n) is 6.24. The number of aromatic nitrogens is 2. The Balaban J connectivity index is 2.54. The molecule has 2 aromatic rings. The van der Waals surface area contributed by atoms with Crippen molar-refractivity contribution in [2.75, 3.05) is 38.0 Å². The van der Waals surface area contributed by atoms with Gasteiger partial charge in [-0.15, -0.1) is 0 Å². The van der Waals surface area contributed by atoms with E-state index < -0.39 is 0 Å². The smallest absolute Gasteiger partial charge is 0.145 e. The fraction of sp³-hybridized carbons (Fsp3) is 0.538. The van der Waals surface area contributed by atoms with Gasteiger partial charge in [0, 0.05) is 27.2 Å². The third-order valence-electron chi connectivity index (χ3n) is 3.20.